The second-order valence-electron chi connectivity index (χ2n) is 5.76. The van der Waals surface area contributed by atoms with Gasteiger partial charge >= 0.3 is 5.22 Å². The minimum Gasteiger partial charge on any atom is -0.412 e. The zero-order valence-corrected chi connectivity index (χ0v) is 13.8. The second-order valence-corrected chi connectivity index (χ2v) is 7.65. The molecule has 0 spiro atoms. The van der Waals surface area contributed by atoms with Crippen LogP contribution in [0, 0.1) is 5.82 Å². The van der Waals surface area contributed by atoms with Crippen molar-refractivity contribution in [3.05, 3.63) is 41.5 Å². The van der Waals surface area contributed by atoms with Gasteiger partial charge in [-0.2, -0.15) is 0 Å². The van der Waals surface area contributed by atoms with Crippen LogP contribution >= 0.6 is 0 Å². The quantitative estimate of drug-likeness (QED) is 0.833. The van der Waals surface area contributed by atoms with Gasteiger partial charge in [-0.3, -0.25) is 4.79 Å². The Labute approximate surface area is 138 Å². The molecule has 1 aliphatic heterocycles. The van der Waals surface area contributed by atoms with E-state index in [1.54, 1.807) is 11.0 Å². The number of carbonyl (C=O) groups excluding carboxylic acids is 1. The molecule has 1 fully saturated rings. The first-order valence-electron chi connectivity index (χ1n) is 7.43. The molecule has 0 bridgehead atoms. The van der Waals surface area contributed by atoms with Crippen molar-refractivity contribution >= 4 is 15.7 Å². The zero-order chi connectivity index (χ0) is 17.3. The molecular weight excluding hydrogens is 337 g/mol. The fourth-order valence-electron chi connectivity index (χ4n) is 2.67. The molecule has 2 heterocycles. The van der Waals surface area contributed by atoms with Crippen LogP contribution < -0.4 is 0 Å². The Kier molecular flexibility index (Phi) is 4.35. The third-order valence-electron chi connectivity index (χ3n) is 3.94. The molecule has 0 saturated carbocycles. The van der Waals surface area contributed by atoms with Crippen LogP contribution in [0.1, 0.15) is 35.0 Å². The number of benzene rings is 1. The van der Waals surface area contributed by atoms with Gasteiger partial charge in [0.05, 0.1) is 0 Å². The summed E-state index contributed by atoms with van der Waals surface area (Å²) in [4.78, 5) is 14.0. The van der Waals surface area contributed by atoms with Crippen molar-refractivity contribution in [1.82, 2.24) is 15.1 Å². The number of sulfone groups is 1. The number of hydrogen-bond acceptors (Lipinski definition) is 6. The Morgan fingerprint density at radius 2 is 2.00 bits per heavy atom. The van der Waals surface area contributed by atoms with Gasteiger partial charge in [0.1, 0.15) is 5.82 Å². The van der Waals surface area contributed by atoms with E-state index in [9.17, 15) is 17.6 Å². The van der Waals surface area contributed by atoms with E-state index in [0.29, 0.717) is 31.5 Å². The van der Waals surface area contributed by atoms with Gasteiger partial charge in [-0.15, -0.1) is 5.10 Å². The van der Waals surface area contributed by atoms with Crippen LogP contribution in [0.25, 0.3) is 0 Å². The van der Waals surface area contributed by atoms with Gasteiger partial charge in [-0.05, 0) is 31.0 Å². The largest absolute Gasteiger partial charge is 0.412 e. The SMILES string of the molecule is CS(=O)(=O)c1nnc(C2CCN(C(=O)c3cccc(F)c3)CC2)o1. The maximum atomic E-state index is 13.2. The summed E-state index contributed by atoms with van der Waals surface area (Å²) in [5.74, 6) is -0.497. The van der Waals surface area contributed by atoms with E-state index in [-0.39, 0.29) is 17.7 Å². The number of hydrogen-bond donors (Lipinski definition) is 0. The Morgan fingerprint density at radius 1 is 1.29 bits per heavy atom. The van der Waals surface area contributed by atoms with Gasteiger partial charge in [0.2, 0.25) is 15.7 Å². The van der Waals surface area contributed by atoms with E-state index in [1.165, 1.54) is 18.2 Å². The number of rotatable bonds is 3. The molecule has 1 saturated heterocycles. The van der Waals surface area contributed by atoms with Crippen LogP contribution in [-0.2, 0) is 9.84 Å². The Bertz CT molecular complexity index is 857. The molecular formula is C15H16FN3O4S. The predicted molar refractivity (Wildman–Crippen MR) is 81.7 cm³/mol. The Balaban J connectivity index is 1.65. The standard InChI is InChI=1S/C15H16FN3O4S/c1-24(21,22)15-18-17-13(23-15)10-5-7-19(8-6-10)14(20)11-3-2-4-12(16)9-11/h2-4,9-10H,5-8H2,1H3. The molecule has 1 aliphatic rings. The molecule has 1 amide bonds. The zero-order valence-electron chi connectivity index (χ0n) is 13.0. The van der Waals surface area contributed by atoms with Crippen molar-refractivity contribution in [3.63, 3.8) is 0 Å². The second kappa shape index (κ2) is 6.31. The molecule has 0 unspecified atom stereocenters. The first-order valence-corrected chi connectivity index (χ1v) is 9.32. The maximum Gasteiger partial charge on any atom is 0.335 e. The number of halogens is 1. The first-order chi connectivity index (χ1) is 11.3. The van der Waals surface area contributed by atoms with Gasteiger partial charge in [0.25, 0.3) is 5.91 Å². The fourth-order valence-corrected chi connectivity index (χ4v) is 3.09. The Morgan fingerprint density at radius 3 is 2.58 bits per heavy atom. The average molecular weight is 353 g/mol. The summed E-state index contributed by atoms with van der Waals surface area (Å²) >= 11 is 0. The molecule has 24 heavy (non-hydrogen) atoms. The third-order valence-corrected chi connectivity index (χ3v) is 4.74. The molecule has 3 rings (SSSR count). The summed E-state index contributed by atoms with van der Waals surface area (Å²) in [6, 6.07) is 5.58. The van der Waals surface area contributed by atoms with E-state index < -0.39 is 20.9 Å². The number of aromatic nitrogens is 2. The minimum absolute atomic E-state index is 0.0930. The van der Waals surface area contributed by atoms with E-state index in [0.717, 1.165) is 6.26 Å². The van der Waals surface area contributed by atoms with Crippen LogP contribution in [0.3, 0.4) is 0 Å². The van der Waals surface area contributed by atoms with E-state index in [2.05, 4.69) is 10.2 Å². The van der Waals surface area contributed by atoms with Crippen LogP contribution in [0.4, 0.5) is 4.39 Å². The van der Waals surface area contributed by atoms with E-state index in [1.807, 2.05) is 0 Å². The van der Waals surface area contributed by atoms with Crippen molar-refractivity contribution in [3.8, 4) is 0 Å². The lowest BCUT2D eigenvalue weighted by Gasteiger charge is -2.30. The summed E-state index contributed by atoms with van der Waals surface area (Å²) in [6.07, 6.45) is 2.16. The number of carbonyl (C=O) groups is 1. The lowest BCUT2D eigenvalue weighted by atomic mass is 9.96. The topological polar surface area (TPSA) is 93.4 Å². The predicted octanol–water partition coefficient (Wildman–Crippen LogP) is 1.63. The van der Waals surface area contributed by atoms with Gasteiger partial charge in [0.15, 0.2) is 0 Å². The monoisotopic (exact) mass is 353 g/mol. The van der Waals surface area contributed by atoms with Gasteiger partial charge in [-0.25, -0.2) is 12.8 Å². The number of piperidine rings is 1. The highest BCUT2D eigenvalue weighted by Gasteiger charge is 2.29. The van der Waals surface area contributed by atoms with Crippen LogP contribution in [0.15, 0.2) is 33.9 Å². The highest BCUT2D eigenvalue weighted by atomic mass is 32.2. The normalized spacial score (nSPS) is 16.3. The lowest BCUT2D eigenvalue weighted by molar-refractivity contribution is 0.0705. The number of nitrogens with zero attached hydrogens (tertiary/aromatic N) is 3. The van der Waals surface area contributed by atoms with Crippen molar-refractivity contribution in [2.24, 2.45) is 0 Å². The van der Waals surface area contributed by atoms with Gasteiger partial charge in [0, 0.05) is 30.8 Å². The molecule has 0 aliphatic carbocycles. The molecule has 128 valence electrons. The highest BCUT2D eigenvalue weighted by Crippen LogP contribution is 2.28. The summed E-state index contributed by atoms with van der Waals surface area (Å²) < 4.78 is 41.2. The number of amides is 1. The molecule has 2 aromatic rings. The minimum atomic E-state index is -3.53. The van der Waals surface area contributed by atoms with Crippen molar-refractivity contribution < 1.29 is 22.0 Å². The Hall–Kier alpha value is -2.29. The number of likely N-dealkylation sites (tertiary alicyclic amines) is 1. The molecule has 7 nitrogen and oxygen atoms in total. The summed E-state index contributed by atoms with van der Waals surface area (Å²) in [6.45, 7) is 0.910. The summed E-state index contributed by atoms with van der Waals surface area (Å²) in [5, 5.41) is 6.95. The van der Waals surface area contributed by atoms with E-state index in [4.69, 9.17) is 4.42 Å². The smallest absolute Gasteiger partial charge is 0.335 e. The molecule has 1 aromatic carbocycles. The fraction of sp³-hybridized carbons (Fsp3) is 0.400. The lowest BCUT2D eigenvalue weighted by Crippen LogP contribution is -2.38. The maximum absolute atomic E-state index is 13.2. The first kappa shape index (κ1) is 16.6. The van der Waals surface area contributed by atoms with Crippen molar-refractivity contribution in [2.45, 2.75) is 24.0 Å². The average Bonchev–Trinajstić information content (AvgIpc) is 3.04. The van der Waals surface area contributed by atoms with Crippen molar-refractivity contribution in [1.29, 1.82) is 0 Å². The molecule has 0 N–H and O–H groups in total. The summed E-state index contributed by atoms with van der Waals surface area (Å²) in [5.41, 5.74) is 0.311. The molecule has 9 heteroatoms. The van der Waals surface area contributed by atoms with Gasteiger partial charge in [-0.1, -0.05) is 11.2 Å². The highest BCUT2D eigenvalue weighted by molar-refractivity contribution is 7.90. The van der Waals surface area contributed by atoms with Crippen molar-refractivity contribution in [2.75, 3.05) is 19.3 Å². The van der Waals surface area contributed by atoms with E-state index >= 15 is 0 Å². The van der Waals surface area contributed by atoms with Crippen LogP contribution in [-0.4, -0.2) is 48.8 Å². The molecule has 0 radical (unpaired) electrons. The molecule has 1 aromatic heterocycles. The van der Waals surface area contributed by atoms with Crippen LogP contribution in [0.2, 0.25) is 0 Å². The third kappa shape index (κ3) is 3.45. The summed E-state index contributed by atoms with van der Waals surface area (Å²) in [7, 11) is -3.53. The van der Waals surface area contributed by atoms with Gasteiger partial charge < -0.3 is 9.32 Å². The van der Waals surface area contributed by atoms with Crippen LogP contribution in [0.5, 0.6) is 0 Å². The molecule has 0 atom stereocenters.